The highest BCUT2D eigenvalue weighted by Gasteiger charge is 2.24. The first-order valence-corrected chi connectivity index (χ1v) is 6.43. The molecular formula is C14H23FN2O. The van der Waals surface area contributed by atoms with Gasteiger partial charge in [0.05, 0.1) is 18.5 Å². The Labute approximate surface area is 109 Å². The largest absolute Gasteiger partial charge is 0.494 e. The minimum Gasteiger partial charge on any atom is -0.494 e. The van der Waals surface area contributed by atoms with Crippen LogP contribution in [0.25, 0.3) is 0 Å². The Morgan fingerprint density at radius 3 is 2.22 bits per heavy atom. The summed E-state index contributed by atoms with van der Waals surface area (Å²) in [7, 11) is 1.45. The number of hydrogen-bond acceptors (Lipinski definition) is 3. The van der Waals surface area contributed by atoms with Gasteiger partial charge in [-0.3, -0.25) is 0 Å². The van der Waals surface area contributed by atoms with Crippen molar-refractivity contribution in [3.05, 3.63) is 17.9 Å². The van der Waals surface area contributed by atoms with Gasteiger partial charge >= 0.3 is 0 Å². The lowest BCUT2D eigenvalue weighted by atomic mass is 9.89. The molecule has 0 unspecified atom stereocenters. The van der Waals surface area contributed by atoms with Gasteiger partial charge in [0.2, 0.25) is 0 Å². The molecule has 0 atom stereocenters. The summed E-state index contributed by atoms with van der Waals surface area (Å²) < 4.78 is 18.5. The Bertz CT molecular complexity index is 395. The number of rotatable bonds is 6. The number of nitrogens with one attached hydrogen (secondary N) is 1. The number of hydrogen-bond donors (Lipinski definition) is 2. The molecule has 0 aliphatic carbocycles. The summed E-state index contributed by atoms with van der Waals surface area (Å²) >= 11 is 0. The van der Waals surface area contributed by atoms with Gasteiger partial charge in [0.25, 0.3) is 0 Å². The average Bonchev–Trinajstić information content (AvgIpc) is 2.38. The predicted octanol–water partition coefficient (Wildman–Crippen LogP) is 3.80. The van der Waals surface area contributed by atoms with Gasteiger partial charge in [0.1, 0.15) is 0 Å². The highest BCUT2D eigenvalue weighted by molar-refractivity contribution is 5.69. The minimum atomic E-state index is -0.435. The molecule has 1 rings (SSSR count). The Morgan fingerprint density at radius 1 is 1.22 bits per heavy atom. The Kier molecular flexibility index (Phi) is 4.82. The number of halogens is 1. The Balaban J connectivity index is 3.10. The van der Waals surface area contributed by atoms with E-state index >= 15 is 0 Å². The van der Waals surface area contributed by atoms with Crippen molar-refractivity contribution in [3.8, 4) is 5.75 Å². The molecule has 0 aliphatic heterocycles. The van der Waals surface area contributed by atoms with Gasteiger partial charge in [-0.1, -0.05) is 20.8 Å². The van der Waals surface area contributed by atoms with Crippen molar-refractivity contribution in [1.29, 1.82) is 0 Å². The molecule has 0 aliphatic rings. The van der Waals surface area contributed by atoms with Crippen LogP contribution in [0.4, 0.5) is 15.8 Å². The first-order chi connectivity index (χ1) is 8.51. The molecule has 0 amide bonds. The number of nitrogens with two attached hydrogens (primary N) is 1. The molecular weight excluding hydrogens is 231 g/mol. The molecule has 0 radical (unpaired) electrons. The van der Waals surface area contributed by atoms with Crippen LogP contribution in [0, 0.1) is 5.82 Å². The van der Waals surface area contributed by atoms with Crippen molar-refractivity contribution in [2.75, 3.05) is 18.2 Å². The number of anilines is 2. The van der Waals surface area contributed by atoms with E-state index in [4.69, 9.17) is 10.5 Å². The Morgan fingerprint density at radius 2 is 1.78 bits per heavy atom. The monoisotopic (exact) mass is 254 g/mol. The van der Waals surface area contributed by atoms with Crippen molar-refractivity contribution in [2.24, 2.45) is 0 Å². The molecule has 102 valence electrons. The van der Waals surface area contributed by atoms with Gasteiger partial charge in [-0.25, -0.2) is 4.39 Å². The zero-order chi connectivity index (χ0) is 13.8. The summed E-state index contributed by atoms with van der Waals surface area (Å²) in [5.74, 6) is -0.223. The lowest BCUT2D eigenvalue weighted by Crippen LogP contribution is -2.36. The van der Waals surface area contributed by atoms with Crippen LogP contribution < -0.4 is 15.8 Å². The smallest absolute Gasteiger partial charge is 0.167 e. The van der Waals surface area contributed by atoms with Crippen molar-refractivity contribution in [1.82, 2.24) is 0 Å². The molecule has 0 saturated heterocycles. The summed E-state index contributed by atoms with van der Waals surface area (Å²) in [6, 6.07) is 2.92. The number of methoxy groups -OCH3 is 1. The van der Waals surface area contributed by atoms with E-state index in [0.717, 1.165) is 24.9 Å². The first kappa shape index (κ1) is 14.6. The second kappa shape index (κ2) is 5.94. The third-order valence-corrected chi connectivity index (χ3v) is 3.75. The predicted molar refractivity (Wildman–Crippen MR) is 74.6 cm³/mol. The van der Waals surface area contributed by atoms with Gasteiger partial charge in [0.15, 0.2) is 11.6 Å². The van der Waals surface area contributed by atoms with Gasteiger partial charge < -0.3 is 15.8 Å². The van der Waals surface area contributed by atoms with Crippen LogP contribution in [-0.4, -0.2) is 12.6 Å². The minimum absolute atomic E-state index is 0.00301. The van der Waals surface area contributed by atoms with Crippen LogP contribution >= 0.6 is 0 Å². The van der Waals surface area contributed by atoms with E-state index in [2.05, 4.69) is 26.1 Å². The van der Waals surface area contributed by atoms with Gasteiger partial charge in [-0.2, -0.15) is 0 Å². The maximum Gasteiger partial charge on any atom is 0.167 e. The first-order valence-electron chi connectivity index (χ1n) is 6.43. The van der Waals surface area contributed by atoms with Crippen LogP contribution in [0.1, 0.15) is 40.0 Å². The van der Waals surface area contributed by atoms with Crippen LogP contribution in [0.15, 0.2) is 12.1 Å². The lowest BCUT2D eigenvalue weighted by Gasteiger charge is -2.33. The molecule has 0 saturated carbocycles. The second-order valence-electron chi connectivity index (χ2n) is 4.54. The Hall–Kier alpha value is -1.45. The van der Waals surface area contributed by atoms with Crippen LogP contribution in [0.5, 0.6) is 5.75 Å². The number of benzene rings is 1. The van der Waals surface area contributed by atoms with Crippen molar-refractivity contribution in [3.63, 3.8) is 0 Å². The van der Waals surface area contributed by atoms with E-state index in [-0.39, 0.29) is 11.3 Å². The topological polar surface area (TPSA) is 47.3 Å². The second-order valence-corrected chi connectivity index (χ2v) is 4.54. The summed E-state index contributed by atoms with van der Waals surface area (Å²) in [5, 5.41) is 3.44. The molecule has 0 aromatic heterocycles. The SMILES string of the molecule is CCC(CC)(CC)Nc1cc(OC)c(F)cc1N. The van der Waals surface area contributed by atoms with E-state index in [1.165, 1.54) is 13.2 Å². The normalized spacial score (nSPS) is 11.4. The van der Waals surface area contributed by atoms with Crippen LogP contribution in [0.2, 0.25) is 0 Å². The average molecular weight is 254 g/mol. The molecule has 1 aromatic rings. The fourth-order valence-corrected chi connectivity index (χ4v) is 2.13. The molecule has 1 aromatic carbocycles. The molecule has 18 heavy (non-hydrogen) atoms. The van der Waals surface area contributed by atoms with Gasteiger partial charge in [0, 0.05) is 17.7 Å². The number of ether oxygens (including phenoxy) is 1. The fraction of sp³-hybridized carbons (Fsp3) is 0.571. The summed E-state index contributed by atoms with van der Waals surface area (Å²) in [6.45, 7) is 6.41. The van der Waals surface area contributed by atoms with Crippen molar-refractivity contribution >= 4 is 11.4 Å². The zero-order valence-corrected chi connectivity index (χ0v) is 11.6. The van der Waals surface area contributed by atoms with E-state index in [1.54, 1.807) is 6.07 Å². The summed E-state index contributed by atoms with van der Waals surface area (Å²) in [5.41, 5.74) is 7.00. The number of nitrogen functional groups attached to an aromatic ring is 1. The van der Waals surface area contributed by atoms with Crippen molar-refractivity contribution in [2.45, 2.75) is 45.6 Å². The standard InChI is InChI=1S/C14H23FN2O/c1-5-14(6-2,7-3)17-12-9-13(18-4)10(15)8-11(12)16/h8-9,17H,5-7,16H2,1-4H3. The molecule has 3 nitrogen and oxygen atoms in total. The third kappa shape index (κ3) is 2.86. The van der Waals surface area contributed by atoms with Crippen LogP contribution in [-0.2, 0) is 0 Å². The highest BCUT2D eigenvalue weighted by atomic mass is 19.1. The fourth-order valence-electron chi connectivity index (χ4n) is 2.13. The van der Waals surface area contributed by atoms with E-state index in [9.17, 15) is 4.39 Å². The van der Waals surface area contributed by atoms with E-state index < -0.39 is 5.82 Å². The quantitative estimate of drug-likeness (QED) is 0.759. The molecule has 0 heterocycles. The zero-order valence-electron chi connectivity index (χ0n) is 11.6. The van der Waals surface area contributed by atoms with Gasteiger partial charge in [-0.05, 0) is 19.3 Å². The third-order valence-electron chi connectivity index (χ3n) is 3.75. The van der Waals surface area contributed by atoms with E-state index in [1.807, 2.05) is 0 Å². The van der Waals surface area contributed by atoms with Crippen molar-refractivity contribution < 1.29 is 9.13 Å². The van der Waals surface area contributed by atoms with Crippen LogP contribution in [0.3, 0.4) is 0 Å². The maximum absolute atomic E-state index is 13.5. The lowest BCUT2D eigenvalue weighted by molar-refractivity contribution is 0.386. The summed E-state index contributed by atoms with van der Waals surface area (Å²) in [6.07, 6.45) is 2.96. The van der Waals surface area contributed by atoms with E-state index in [0.29, 0.717) is 5.69 Å². The molecule has 4 heteroatoms. The molecule has 3 N–H and O–H groups in total. The van der Waals surface area contributed by atoms with Gasteiger partial charge in [-0.15, -0.1) is 0 Å². The maximum atomic E-state index is 13.5. The molecule has 0 bridgehead atoms. The molecule has 0 spiro atoms. The molecule has 0 fully saturated rings. The highest BCUT2D eigenvalue weighted by Crippen LogP contribution is 2.33. The summed E-state index contributed by atoms with van der Waals surface area (Å²) in [4.78, 5) is 0.